The fourth-order valence-electron chi connectivity index (χ4n) is 2.80. The summed E-state index contributed by atoms with van der Waals surface area (Å²) in [5.41, 5.74) is 2.95. The minimum absolute atomic E-state index is 0.00425. The van der Waals surface area contributed by atoms with E-state index in [0.29, 0.717) is 18.8 Å². The second kappa shape index (κ2) is 7.18. The largest absolute Gasteiger partial charge is 0.496 e. The molecule has 0 saturated carbocycles. The van der Waals surface area contributed by atoms with Crippen molar-refractivity contribution in [1.29, 1.82) is 5.26 Å². The molecule has 0 aliphatic rings. The van der Waals surface area contributed by atoms with Crippen LogP contribution < -0.4 is 10.1 Å². The molecule has 0 aliphatic heterocycles. The van der Waals surface area contributed by atoms with Crippen LogP contribution >= 0.6 is 0 Å². The van der Waals surface area contributed by atoms with E-state index in [1.165, 1.54) is 11.9 Å². The van der Waals surface area contributed by atoms with Crippen LogP contribution in [0.1, 0.15) is 30.5 Å². The van der Waals surface area contributed by atoms with Gasteiger partial charge < -0.3 is 10.1 Å². The summed E-state index contributed by atoms with van der Waals surface area (Å²) >= 11 is 0. The average Bonchev–Trinajstić information content (AvgIpc) is 3.04. The monoisotopic (exact) mass is 336 g/mol. The molecular formula is C18H20N6O. The predicted octanol–water partition coefficient (Wildman–Crippen LogP) is 3.23. The van der Waals surface area contributed by atoms with Crippen molar-refractivity contribution in [2.24, 2.45) is 0 Å². The lowest BCUT2D eigenvalue weighted by molar-refractivity contribution is 0.408. The summed E-state index contributed by atoms with van der Waals surface area (Å²) in [4.78, 5) is 8.66. The maximum atomic E-state index is 8.76. The van der Waals surface area contributed by atoms with Crippen molar-refractivity contribution < 1.29 is 4.74 Å². The van der Waals surface area contributed by atoms with E-state index in [9.17, 15) is 0 Å². The third-order valence-corrected chi connectivity index (χ3v) is 4.07. The molecule has 3 rings (SSSR count). The zero-order valence-electron chi connectivity index (χ0n) is 14.5. The van der Waals surface area contributed by atoms with Gasteiger partial charge in [0.25, 0.3) is 0 Å². The van der Waals surface area contributed by atoms with E-state index in [4.69, 9.17) is 10.00 Å². The van der Waals surface area contributed by atoms with E-state index in [1.807, 2.05) is 12.1 Å². The van der Waals surface area contributed by atoms with Crippen molar-refractivity contribution in [3.05, 3.63) is 41.9 Å². The number of ether oxygens (including phenoxy) is 1. The number of aromatic nitrogens is 4. The molecule has 2 heterocycles. The van der Waals surface area contributed by atoms with E-state index in [1.54, 1.807) is 18.0 Å². The second-order valence-corrected chi connectivity index (χ2v) is 5.85. The fourth-order valence-corrected chi connectivity index (χ4v) is 2.80. The molecule has 0 fully saturated rings. The first-order valence-electron chi connectivity index (χ1n) is 8.08. The third kappa shape index (κ3) is 3.38. The van der Waals surface area contributed by atoms with Gasteiger partial charge in [0.1, 0.15) is 17.9 Å². The SMILES string of the molecule is COc1ccc(C)cc1[C@H](C)Nc1ncnc2c1cnn2CCC#N. The molecule has 0 unspecified atom stereocenters. The molecule has 7 heteroatoms. The molecule has 0 saturated heterocycles. The smallest absolute Gasteiger partial charge is 0.163 e. The number of anilines is 1. The van der Waals surface area contributed by atoms with Gasteiger partial charge in [0.15, 0.2) is 5.65 Å². The number of nitriles is 1. The predicted molar refractivity (Wildman–Crippen MR) is 95.3 cm³/mol. The lowest BCUT2D eigenvalue weighted by Gasteiger charge is -2.18. The maximum absolute atomic E-state index is 8.76. The van der Waals surface area contributed by atoms with Crippen molar-refractivity contribution in [2.45, 2.75) is 32.9 Å². The van der Waals surface area contributed by atoms with Crippen molar-refractivity contribution in [2.75, 3.05) is 12.4 Å². The standard InChI is InChI=1S/C18H20N6O/c1-12-5-6-16(25-3)14(9-12)13(2)23-17-15-10-22-24(8-4-7-19)18(15)21-11-20-17/h5-6,9-11,13H,4,8H2,1-3H3,(H,20,21,23)/t13-/m0/s1. The Morgan fingerprint density at radius 3 is 2.96 bits per heavy atom. The van der Waals surface area contributed by atoms with Crippen molar-refractivity contribution in [3.63, 3.8) is 0 Å². The molecular weight excluding hydrogens is 316 g/mol. The fraction of sp³-hybridized carbons (Fsp3) is 0.333. The number of aryl methyl sites for hydroxylation is 2. The van der Waals surface area contributed by atoms with Gasteiger partial charge in [0.2, 0.25) is 0 Å². The van der Waals surface area contributed by atoms with E-state index < -0.39 is 0 Å². The highest BCUT2D eigenvalue weighted by Crippen LogP contribution is 2.30. The van der Waals surface area contributed by atoms with Crippen LogP contribution in [0, 0.1) is 18.3 Å². The van der Waals surface area contributed by atoms with Gasteiger partial charge in [-0.2, -0.15) is 10.4 Å². The third-order valence-electron chi connectivity index (χ3n) is 4.07. The number of fused-ring (bicyclic) bond motifs is 1. The molecule has 128 valence electrons. The summed E-state index contributed by atoms with van der Waals surface area (Å²) in [6.45, 7) is 4.63. The first-order valence-corrected chi connectivity index (χ1v) is 8.08. The van der Waals surface area contributed by atoms with Crippen LogP contribution in [0.15, 0.2) is 30.7 Å². The first-order chi connectivity index (χ1) is 12.1. The lowest BCUT2D eigenvalue weighted by Crippen LogP contribution is -2.10. The Bertz CT molecular complexity index is 927. The molecule has 1 atom stereocenters. The molecule has 0 radical (unpaired) electrons. The number of hydrogen-bond acceptors (Lipinski definition) is 6. The van der Waals surface area contributed by atoms with Crippen LogP contribution in [-0.4, -0.2) is 26.9 Å². The van der Waals surface area contributed by atoms with Crippen LogP contribution in [0.3, 0.4) is 0 Å². The molecule has 7 nitrogen and oxygen atoms in total. The Morgan fingerprint density at radius 1 is 1.36 bits per heavy atom. The Balaban J connectivity index is 1.92. The van der Waals surface area contributed by atoms with Gasteiger partial charge in [-0.15, -0.1) is 0 Å². The van der Waals surface area contributed by atoms with E-state index >= 15 is 0 Å². The second-order valence-electron chi connectivity index (χ2n) is 5.85. The summed E-state index contributed by atoms with van der Waals surface area (Å²) in [7, 11) is 1.67. The summed E-state index contributed by atoms with van der Waals surface area (Å²) in [6.07, 6.45) is 3.63. The number of nitrogens with one attached hydrogen (secondary N) is 1. The topological polar surface area (TPSA) is 88.7 Å². The first kappa shape index (κ1) is 16.7. The Kier molecular flexibility index (Phi) is 4.80. The van der Waals surface area contributed by atoms with Gasteiger partial charge in [-0.25, -0.2) is 14.6 Å². The summed E-state index contributed by atoms with van der Waals surface area (Å²) in [5, 5.41) is 17.3. The van der Waals surface area contributed by atoms with E-state index in [0.717, 1.165) is 22.3 Å². The van der Waals surface area contributed by atoms with Gasteiger partial charge in [0.05, 0.1) is 43.8 Å². The molecule has 1 aromatic carbocycles. The van der Waals surface area contributed by atoms with Gasteiger partial charge >= 0.3 is 0 Å². The van der Waals surface area contributed by atoms with Crippen LogP contribution in [0.25, 0.3) is 11.0 Å². The molecule has 2 aromatic heterocycles. The summed E-state index contributed by atoms with van der Waals surface area (Å²) in [5.74, 6) is 1.55. The van der Waals surface area contributed by atoms with Crippen LogP contribution in [0.2, 0.25) is 0 Å². The Hall–Kier alpha value is -3.14. The van der Waals surface area contributed by atoms with E-state index in [-0.39, 0.29) is 6.04 Å². The summed E-state index contributed by atoms with van der Waals surface area (Å²) in [6, 6.07) is 8.22. The quantitative estimate of drug-likeness (QED) is 0.743. The highest BCUT2D eigenvalue weighted by atomic mass is 16.5. The molecule has 25 heavy (non-hydrogen) atoms. The number of hydrogen-bond donors (Lipinski definition) is 1. The average molecular weight is 336 g/mol. The normalized spacial score (nSPS) is 11.9. The van der Waals surface area contributed by atoms with Crippen molar-refractivity contribution in [3.8, 4) is 11.8 Å². The van der Waals surface area contributed by atoms with Gasteiger partial charge in [0, 0.05) is 5.56 Å². The molecule has 0 bridgehead atoms. The Labute approximate surface area is 146 Å². The van der Waals surface area contributed by atoms with Crippen molar-refractivity contribution in [1.82, 2.24) is 19.7 Å². The highest BCUT2D eigenvalue weighted by molar-refractivity contribution is 5.86. The Morgan fingerprint density at radius 2 is 2.20 bits per heavy atom. The number of benzene rings is 1. The molecule has 0 amide bonds. The lowest BCUT2D eigenvalue weighted by atomic mass is 10.0. The minimum atomic E-state index is -0.00425. The zero-order valence-corrected chi connectivity index (χ0v) is 14.5. The van der Waals surface area contributed by atoms with Crippen LogP contribution in [0.4, 0.5) is 5.82 Å². The number of methoxy groups -OCH3 is 1. The highest BCUT2D eigenvalue weighted by Gasteiger charge is 2.15. The van der Waals surface area contributed by atoms with Gasteiger partial charge in [-0.05, 0) is 19.9 Å². The summed E-state index contributed by atoms with van der Waals surface area (Å²) < 4.78 is 7.20. The molecule has 0 spiro atoms. The van der Waals surface area contributed by atoms with Crippen molar-refractivity contribution >= 4 is 16.9 Å². The number of rotatable bonds is 6. The minimum Gasteiger partial charge on any atom is -0.496 e. The molecule has 0 aliphatic carbocycles. The van der Waals surface area contributed by atoms with Crippen LogP contribution in [-0.2, 0) is 6.54 Å². The zero-order chi connectivity index (χ0) is 17.8. The van der Waals surface area contributed by atoms with E-state index in [2.05, 4.69) is 46.4 Å². The van der Waals surface area contributed by atoms with Gasteiger partial charge in [-0.1, -0.05) is 17.7 Å². The maximum Gasteiger partial charge on any atom is 0.163 e. The van der Waals surface area contributed by atoms with Crippen LogP contribution in [0.5, 0.6) is 5.75 Å². The van der Waals surface area contributed by atoms with Gasteiger partial charge in [-0.3, -0.25) is 0 Å². The number of nitrogens with zero attached hydrogens (tertiary/aromatic N) is 5. The molecule has 1 N–H and O–H groups in total. The molecule has 3 aromatic rings.